The highest BCUT2D eigenvalue weighted by molar-refractivity contribution is 9.10. The zero-order valence-corrected chi connectivity index (χ0v) is 17.0. The van der Waals surface area contributed by atoms with E-state index in [1.807, 2.05) is 32.0 Å². The van der Waals surface area contributed by atoms with Crippen molar-refractivity contribution in [1.82, 2.24) is 9.78 Å². The number of carbonyl (C=O) groups excluding carboxylic acids is 1. The number of nitro groups is 1. The first kappa shape index (κ1) is 19.6. The molecule has 0 bridgehead atoms. The Balaban J connectivity index is 1.93. The average molecular weight is 445 g/mol. The molecular formula is C19H17BrN4O4. The molecule has 3 aromatic rings. The molecule has 144 valence electrons. The maximum Gasteiger partial charge on any atom is 0.277 e. The van der Waals surface area contributed by atoms with Gasteiger partial charge in [0, 0.05) is 19.2 Å². The van der Waals surface area contributed by atoms with Crippen molar-refractivity contribution in [2.24, 2.45) is 7.05 Å². The Kier molecular flexibility index (Phi) is 5.46. The van der Waals surface area contributed by atoms with Crippen molar-refractivity contribution in [3.63, 3.8) is 0 Å². The number of aromatic nitrogens is 2. The molecule has 0 atom stereocenters. The zero-order chi connectivity index (χ0) is 20.4. The van der Waals surface area contributed by atoms with E-state index in [4.69, 9.17) is 4.74 Å². The van der Waals surface area contributed by atoms with Crippen molar-refractivity contribution in [3.8, 4) is 11.5 Å². The number of nitro benzene ring substituents is 1. The van der Waals surface area contributed by atoms with Crippen LogP contribution in [-0.4, -0.2) is 20.6 Å². The molecule has 0 saturated heterocycles. The summed E-state index contributed by atoms with van der Waals surface area (Å²) >= 11 is 3.34. The first-order chi connectivity index (χ1) is 13.3. The van der Waals surface area contributed by atoms with Gasteiger partial charge in [0.05, 0.1) is 26.8 Å². The lowest BCUT2D eigenvalue weighted by Crippen LogP contribution is -2.13. The number of nitrogens with zero attached hydrogens (tertiary/aromatic N) is 3. The third-order valence-electron chi connectivity index (χ3n) is 4.16. The van der Waals surface area contributed by atoms with Gasteiger partial charge in [-0.25, -0.2) is 0 Å². The highest BCUT2D eigenvalue weighted by atomic mass is 79.9. The SMILES string of the molecule is Cc1ccccc1Oc1cc(NC(=O)c2nn(C)c(C)c2Br)cc([N+](=O)[O-])c1. The Morgan fingerprint density at radius 2 is 1.96 bits per heavy atom. The van der Waals surface area contributed by atoms with Crippen LogP contribution in [0.3, 0.4) is 0 Å². The van der Waals surface area contributed by atoms with E-state index in [0.29, 0.717) is 10.2 Å². The summed E-state index contributed by atoms with van der Waals surface area (Å²) in [4.78, 5) is 23.3. The largest absolute Gasteiger partial charge is 0.457 e. The number of benzene rings is 2. The summed E-state index contributed by atoms with van der Waals surface area (Å²) in [6.07, 6.45) is 0. The Labute approximate surface area is 169 Å². The Morgan fingerprint density at radius 3 is 2.57 bits per heavy atom. The summed E-state index contributed by atoms with van der Waals surface area (Å²) < 4.78 is 7.92. The van der Waals surface area contributed by atoms with Crippen LogP contribution >= 0.6 is 15.9 Å². The number of para-hydroxylation sites is 1. The van der Waals surface area contributed by atoms with Crippen LogP contribution in [0.1, 0.15) is 21.7 Å². The monoisotopic (exact) mass is 444 g/mol. The summed E-state index contributed by atoms with van der Waals surface area (Å²) in [5, 5.41) is 18.1. The molecule has 0 aliphatic carbocycles. The molecule has 0 spiro atoms. The van der Waals surface area contributed by atoms with Gasteiger partial charge in [-0.15, -0.1) is 0 Å². The Bertz CT molecular complexity index is 1080. The van der Waals surface area contributed by atoms with E-state index in [1.165, 1.54) is 18.2 Å². The normalized spacial score (nSPS) is 10.6. The number of nitrogens with one attached hydrogen (secondary N) is 1. The number of carbonyl (C=O) groups is 1. The van der Waals surface area contributed by atoms with Crippen molar-refractivity contribution < 1.29 is 14.5 Å². The highest BCUT2D eigenvalue weighted by Crippen LogP contribution is 2.31. The molecule has 1 amide bonds. The molecule has 0 radical (unpaired) electrons. The molecule has 1 aromatic heterocycles. The highest BCUT2D eigenvalue weighted by Gasteiger charge is 2.20. The van der Waals surface area contributed by atoms with Crippen molar-refractivity contribution in [2.45, 2.75) is 13.8 Å². The van der Waals surface area contributed by atoms with Crippen molar-refractivity contribution >= 4 is 33.2 Å². The summed E-state index contributed by atoms with van der Waals surface area (Å²) in [5.41, 5.74) is 1.89. The fraction of sp³-hybridized carbons (Fsp3) is 0.158. The van der Waals surface area contributed by atoms with E-state index < -0.39 is 10.8 Å². The number of rotatable bonds is 5. The second kappa shape index (κ2) is 7.81. The summed E-state index contributed by atoms with van der Waals surface area (Å²) in [5.74, 6) is 0.330. The standard InChI is InChI=1S/C19H17BrN4O4/c1-11-6-4-5-7-16(11)28-15-9-13(8-14(10-15)24(26)27)21-19(25)18-17(20)12(2)23(3)22-18/h4-10H,1-3H3,(H,21,25). The van der Waals surface area contributed by atoms with Crippen LogP contribution < -0.4 is 10.1 Å². The number of anilines is 1. The molecule has 9 heteroatoms. The van der Waals surface area contributed by atoms with E-state index in [9.17, 15) is 14.9 Å². The lowest BCUT2D eigenvalue weighted by Gasteiger charge is -2.10. The van der Waals surface area contributed by atoms with E-state index in [2.05, 4.69) is 26.3 Å². The minimum absolute atomic E-state index is 0.188. The second-order valence-corrected chi connectivity index (χ2v) is 6.96. The number of non-ortho nitro benzene ring substituents is 1. The van der Waals surface area contributed by atoms with Gasteiger partial charge in [0.1, 0.15) is 11.5 Å². The first-order valence-electron chi connectivity index (χ1n) is 8.29. The summed E-state index contributed by atoms with van der Waals surface area (Å²) in [6, 6.07) is 11.4. The fourth-order valence-electron chi connectivity index (χ4n) is 2.54. The van der Waals surface area contributed by atoms with Crippen LogP contribution in [-0.2, 0) is 7.05 Å². The molecule has 0 saturated carbocycles. The van der Waals surface area contributed by atoms with Crippen LogP contribution in [0.2, 0.25) is 0 Å². The topological polar surface area (TPSA) is 99.3 Å². The average Bonchev–Trinajstić information content (AvgIpc) is 2.91. The summed E-state index contributed by atoms with van der Waals surface area (Å²) in [6.45, 7) is 3.69. The van der Waals surface area contributed by atoms with Gasteiger partial charge in [0.25, 0.3) is 11.6 Å². The predicted octanol–water partition coefficient (Wildman–Crippen LogP) is 4.75. The molecule has 0 aliphatic rings. The lowest BCUT2D eigenvalue weighted by atomic mass is 10.2. The molecule has 28 heavy (non-hydrogen) atoms. The van der Waals surface area contributed by atoms with Crippen molar-refractivity contribution in [1.29, 1.82) is 0 Å². The summed E-state index contributed by atoms with van der Waals surface area (Å²) in [7, 11) is 1.72. The predicted molar refractivity (Wildman–Crippen MR) is 108 cm³/mol. The van der Waals surface area contributed by atoms with E-state index in [1.54, 1.807) is 17.8 Å². The Morgan fingerprint density at radius 1 is 1.25 bits per heavy atom. The van der Waals surface area contributed by atoms with E-state index in [0.717, 1.165) is 11.3 Å². The number of amides is 1. The maximum atomic E-state index is 12.6. The third kappa shape index (κ3) is 4.04. The van der Waals surface area contributed by atoms with Gasteiger partial charge in [-0.05, 0) is 41.4 Å². The molecule has 1 N–H and O–H groups in total. The van der Waals surface area contributed by atoms with Crippen LogP contribution in [0, 0.1) is 24.0 Å². The number of aryl methyl sites for hydroxylation is 2. The minimum atomic E-state index is -0.540. The van der Waals surface area contributed by atoms with Gasteiger partial charge in [-0.2, -0.15) is 5.10 Å². The van der Waals surface area contributed by atoms with Gasteiger partial charge in [-0.1, -0.05) is 18.2 Å². The van der Waals surface area contributed by atoms with Crippen LogP contribution in [0.15, 0.2) is 46.9 Å². The van der Waals surface area contributed by atoms with Crippen LogP contribution in [0.4, 0.5) is 11.4 Å². The van der Waals surface area contributed by atoms with Gasteiger partial charge in [0.2, 0.25) is 0 Å². The van der Waals surface area contributed by atoms with Crippen molar-refractivity contribution in [3.05, 3.63) is 74.0 Å². The van der Waals surface area contributed by atoms with Gasteiger partial charge in [0.15, 0.2) is 5.69 Å². The van der Waals surface area contributed by atoms with Crippen molar-refractivity contribution in [2.75, 3.05) is 5.32 Å². The number of hydrogen-bond acceptors (Lipinski definition) is 5. The molecule has 0 unspecified atom stereocenters. The van der Waals surface area contributed by atoms with Crippen LogP contribution in [0.5, 0.6) is 11.5 Å². The number of hydrogen-bond donors (Lipinski definition) is 1. The molecule has 0 aliphatic heterocycles. The maximum absolute atomic E-state index is 12.6. The number of ether oxygens (including phenoxy) is 1. The van der Waals surface area contributed by atoms with E-state index in [-0.39, 0.29) is 22.8 Å². The smallest absolute Gasteiger partial charge is 0.277 e. The molecule has 0 fully saturated rings. The Hall–Kier alpha value is -3.20. The molecular weight excluding hydrogens is 428 g/mol. The van der Waals surface area contributed by atoms with Crippen LogP contribution in [0.25, 0.3) is 0 Å². The van der Waals surface area contributed by atoms with Gasteiger partial charge < -0.3 is 10.1 Å². The van der Waals surface area contributed by atoms with Gasteiger partial charge in [-0.3, -0.25) is 19.6 Å². The second-order valence-electron chi connectivity index (χ2n) is 6.17. The number of halogens is 1. The fourth-order valence-corrected chi connectivity index (χ4v) is 3.05. The minimum Gasteiger partial charge on any atom is -0.457 e. The quantitative estimate of drug-likeness (QED) is 0.451. The molecule has 3 rings (SSSR count). The molecule has 8 nitrogen and oxygen atoms in total. The van der Waals surface area contributed by atoms with Gasteiger partial charge >= 0.3 is 0 Å². The molecule has 1 heterocycles. The van der Waals surface area contributed by atoms with E-state index >= 15 is 0 Å². The third-order valence-corrected chi connectivity index (χ3v) is 5.11. The first-order valence-corrected chi connectivity index (χ1v) is 9.09. The zero-order valence-electron chi connectivity index (χ0n) is 15.4. The molecule has 2 aromatic carbocycles. The lowest BCUT2D eigenvalue weighted by molar-refractivity contribution is -0.384.